The number of hydrogen-bond acceptors (Lipinski definition) is 2. The van der Waals surface area contributed by atoms with Gasteiger partial charge in [0.2, 0.25) is 0 Å². The van der Waals surface area contributed by atoms with E-state index in [1.54, 1.807) is 0 Å². The summed E-state index contributed by atoms with van der Waals surface area (Å²) in [6, 6.07) is 5.72. The average Bonchev–Trinajstić information content (AvgIpc) is 2.85. The minimum atomic E-state index is -0.0151. The molecule has 1 amide bonds. The van der Waals surface area contributed by atoms with Crippen LogP contribution in [0.3, 0.4) is 0 Å². The van der Waals surface area contributed by atoms with E-state index in [4.69, 9.17) is 4.74 Å². The van der Waals surface area contributed by atoms with Crippen LogP contribution in [-0.4, -0.2) is 25.2 Å². The van der Waals surface area contributed by atoms with E-state index < -0.39 is 0 Å². The summed E-state index contributed by atoms with van der Waals surface area (Å²) in [5, 5.41) is 2.95. The molecule has 1 aliphatic rings. The highest BCUT2D eigenvalue weighted by Crippen LogP contribution is 2.18. The number of hydrogen-bond donors (Lipinski definition) is 1. The Morgan fingerprint density at radius 2 is 2.39 bits per heavy atom. The van der Waals surface area contributed by atoms with E-state index in [0.717, 1.165) is 39.5 Å². The molecule has 5 heteroatoms. The number of benzene rings is 1. The Balaban J connectivity index is 1.85. The van der Waals surface area contributed by atoms with Crippen LogP contribution in [0.2, 0.25) is 0 Å². The maximum absolute atomic E-state index is 12.0. The van der Waals surface area contributed by atoms with E-state index in [9.17, 15) is 4.79 Å². The van der Waals surface area contributed by atoms with Crippen molar-refractivity contribution in [2.45, 2.75) is 25.4 Å². The highest BCUT2D eigenvalue weighted by molar-refractivity contribution is 14.1. The summed E-state index contributed by atoms with van der Waals surface area (Å²) in [4.78, 5) is 12.0. The summed E-state index contributed by atoms with van der Waals surface area (Å²) in [5.74, 6) is -0.0151. The molecule has 1 aromatic carbocycles. The van der Waals surface area contributed by atoms with Gasteiger partial charge in [0.15, 0.2) is 0 Å². The molecular formula is C13H15BrINO2. The van der Waals surface area contributed by atoms with Crippen molar-refractivity contribution in [3.63, 3.8) is 0 Å². The lowest BCUT2D eigenvalue weighted by Gasteiger charge is -2.11. The Labute approximate surface area is 129 Å². The van der Waals surface area contributed by atoms with Crippen molar-refractivity contribution in [3.05, 3.63) is 31.8 Å². The first-order valence-electron chi connectivity index (χ1n) is 6.01. The van der Waals surface area contributed by atoms with Gasteiger partial charge in [-0.05, 0) is 60.1 Å². The van der Waals surface area contributed by atoms with Crippen LogP contribution in [0, 0.1) is 3.57 Å². The van der Waals surface area contributed by atoms with Crippen LogP contribution < -0.4 is 5.32 Å². The summed E-state index contributed by atoms with van der Waals surface area (Å²) in [5.41, 5.74) is 0.720. The molecule has 1 atom stereocenters. The van der Waals surface area contributed by atoms with Crippen molar-refractivity contribution in [2.75, 3.05) is 13.2 Å². The Morgan fingerprint density at radius 1 is 1.56 bits per heavy atom. The topological polar surface area (TPSA) is 38.3 Å². The summed E-state index contributed by atoms with van der Waals surface area (Å²) in [6.45, 7) is 1.54. The first-order valence-corrected chi connectivity index (χ1v) is 7.89. The fourth-order valence-corrected chi connectivity index (χ4v) is 2.93. The molecule has 0 aliphatic carbocycles. The third kappa shape index (κ3) is 3.93. The molecule has 98 valence electrons. The standard InChI is InChI=1S/C13H15BrINO2/c14-9-3-4-12(15)11(8-9)13(17)16-6-5-10-2-1-7-18-10/h3-4,8,10H,1-2,5-7H2,(H,16,17). The molecule has 0 radical (unpaired) electrons. The van der Waals surface area contributed by atoms with Gasteiger partial charge in [-0.2, -0.15) is 0 Å². The van der Waals surface area contributed by atoms with Crippen LogP contribution in [0.5, 0.6) is 0 Å². The van der Waals surface area contributed by atoms with Crippen LogP contribution in [-0.2, 0) is 4.74 Å². The zero-order valence-electron chi connectivity index (χ0n) is 9.92. The Hall–Kier alpha value is -0.140. The number of rotatable bonds is 4. The zero-order chi connectivity index (χ0) is 13.0. The van der Waals surface area contributed by atoms with E-state index in [2.05, 4.69) is 43.8 Å². The summed E-state index contributed by atoms with van der Waals surface area (Å²) >= 11 is 5.56. The predicted octanol–water partition coefficient (Wildman–Crippen LogP) is 3.35. The molecule has 1 fully saturated rings. The molecule has 0 spiro atoms. The van der Waals surface area contributed by atoms with Gasteiger partial charge in [0, 0.05) is 21.2 Å². The maximum atomic E-state index is 12.0. The lowest BCUT2D eigenvalue weighted by molar-refractivity contribution is 0.0906. The second-order valence-corrected chi connectivity index (χ2v) is 6.38. The van der Waals surface area contributed by atoms with Gasteiger partial charge in [-0.1, -0.05) is 15.9 Å². The maximum Gasteiger partial charge on any atom is 0.252 e. The molecule has 2 rings (SSSR count). The second kappa shape index (κ2) is 6.86. The summed E-state index contributed by atoms with van der Waals surface area (Å²) in [6.07, 6.45) is 3.48. The molecular weight excluding hydrogens is 409 g/mol. The molecule has 18 heavy (non-hydrogen) atoms. The van der Waals surface area contributed by atoms with Crippen LogP contribution >= 0.6 is 38.5 Å². The van der Waals surface area contributed by atoms with E-state index >= 15 is 0 Å². The van der Waals surface area contributed by atoms with Crippen molar-refractivity contribution >= 4 is 44.4 Å². The monoisotopic (exact) mass is 423 g/mol. The van der Waals surface area contributed by atoms with E-state index in [-0.39, 0.29) is 5.91 Å². The van der Waals surface area contributed by atoms with E-state index in [0.29, 0.717) is 12.6 Å². The third-order valence-corrected chi connectivity index (χ3v) is 4.38. The van der Waals surface area contributed by atoms with Crippen LogP contribution in [0.25, 0.3) is 0 Å². The first-order chi connectivity index (χ1) is 8.66. The van der Waals surface area contributed by atoms with Crippen molar-refractivity contribution in [2.24, 2.45) is 0 Å². The summed E-state index contributed by atoms with van der Waals surface area (Å²) < 4.78 is 7.41. The molecule has 1 N–H and O–H groups in total. The molecule has 1 heterocycles. The highest BCUT2D eigenvalue weighted by atomic mass is 127. The van der Waals surface area contributed by atoms with Gasteiger partial charge < -0.3 is 10.1 Å². The van der Waals surface area contributed by atoms with Gasteiger partial charge in [-0.15, -0.1) is 0 Å². The van der Waals surface area contributed by atoms with Crippen LogP contribution in [0.1, 0.15) is 29.6 Å². The molecule has 1 saturated heterocycles. The fourth-order valence-electron chi connectivity index (χ4n) is 1.99. The van der Waals surface area contributed by atoms with Gasteiger partial charge in [0.1, 0.15) is 0 Å². The van der Waals surface area contributed by atoms with E-state index in [1.165, 1.54) is 0 Å². The largest absolute Gasteiger partial charge is 0.378 e. The SMILES string of the molecule is O=C(NCCC1CCCO1)c1cc(Br)ccc1I. The highest BCUT2D eigenvalue weighted by Gasteiger charge is 2.16. The number of ether oxygens (including phenoxy) is 1. The first kappa shape index (κ1) is 14.3. The number of halogens is 2. The van der Waals surface area contributed by atoms with Gasteiger partial charge in [0.05, 0.1) is 11.7 Å². The molecule has 1 aliphatic heterocycles. The number of carbonyl (C=O) groups is 1. The normalized spacial score (nSPS) is 18.9. The minimum absolute atomic E-state index is 0.0151. The van der Waals surface area contributed by atoms with Crippen molar-refractivity contribution < 1.29 is 9.53 Å². The Kier molecular flexibility index (Phi) is 5.44. The van der Waals surface area contributed by atoms with Crippen molar-refractivity contribution in [3.8, 4) is 0 Å². The second-order valence-electron chi connectivity index (χ2n) is 4.30. The zero-order valence-corrected chi connectivity index (χ0v) is 13.7. The van der Waals surface area contributed by atoms with Gasteiger partial charge in [-0.25, -0.2) is 0 Å². The quantitative estimate of drug-likeness (QED) is 0.754. The van der Waals surface area contributed by atoms with Crippen LogP contribution in [0.4, 0.5) is 0 Å². The Morgan fingerprint density at radius 3 is 3.11 bits per heavy atom. The number of amides is 1. The van der Waals surface area contributed by atoms with Gasteiger partial charge >= 0.3 is 0 Å². The fraction of sp³-hybridized carbons (Fsp3) is 0.462. The molecule has 1 unspecified atom stereocenters. The van der Waals surface area contributed by atoms with Gasteiger partial charge in [-0.3, -0.25) is 4.79 Å². The Bertz CT molecular complexity index is 433. The van der Waals surface area contributed by atoms with Crippen molar-refractivity contribution in [1.82, 2.24) is 5.32 Å². The predicted molar refractivity (Wildman–Crippen MR) is 82.8 cm³/mol. The molecule has 0 aromatic heterocycles. The van der Waals surface area contributed by atoms with E-state index in [1.807, 2.05) is 18.2 Å². The third-order valence-electron chi connectivity index (χ3n) is 2.95. The van der Waals surface area contributed by atoms with Crippen molar-refractivity contribution in [1.29, 1.82) is 0 Å². The number of nitrogens with one attached hydrogen (secondary N) is 1. The number of carbonyl (C=O) groups excluding carboxylic acids is 1. The molecule has 0 saturated carbocycles. The average molecular weight is 424 g/mol. The van der Waals surface area contributed by atoms with Gasteiger partial charge in [0.25, 0.3) is 5.91 Å². The molecule has 3 nitrogen and oxygen atoms in total. The lowest BCUT2D eigenvalue weighted by atomic mass is 10.1. The molecule has 0 bridgehead atoms. The lowest BCUT2D eigenvalue weighted by Crippen LogP contribution is -2.27. The minimum Gasteiger partial charge on any atom is -0.378 e. The smallest absolute Gasteiger partial charge is 0.252 e. The molecule has 1 aromatic rings. The van der Waals surface area contributed by atoms with Crippen LogP contribution in [0.15, 0.2) is 22.7 Å². The summed E-state index contributed by atoms with van der Waals surface area (Å²) in [7, 11) is 0.